The van der Waals surface area contributed by atoms with E-state index in [4.69, 9.17) is 0 Å². The van der Waals surface area contributed by atoms with E-state index in [0.717, 1.165) is 23.8 Å². The minimum atomic E-state index is -0.405. The van der Waals surface area contributed by atoms with Crippen molar-refractivity contribution in [3.8, 4) is 0 Å². The van der Waals surface area contributed by atoms with Gasteiger partial charge in [-0.15, -0.1) is 10.2 Å². The third-order valence-corrected chi connectivity index (χ3v) is 4.07. The largest absolute Gasteiger partial charge is 0.391 e. The van der Waals surface area contributed by atoms with Crippen LogP contribution in [0.3, 0.4) is 0 Å². The fourth-order valence-electron chi connectivity index (χ4n) is 2.97. The Morgan fingerprint density at radius 1 is 1.18 bits per heavy atom. The molecule has 0 aliphatic carbocycles. The summed E-state index contributed by atoms with van der Waals surface area (Å²) in [4.78, 5) is 10.4. The second-order valence-electron chi connectivity index (χ2n) is 5.56. The maximum atomic E-state index is 10.3. The Bertz CT molecular complexity index is 774. The molecule has 0 bridgehead atoms. The fourth-order valence-corrected chi connectivity index (χ4v) is 2.97. The number of hydrogen-bond acceptors (Lipinski definition) is 6. The Morgan fingerprint density at radius 2 is 2.14 bits per heavy atom. The first kappa shape index (κ1) is 13.1. The third-order valence-electron chi connectivity index (χ3n) is 4.07. The number of anilines is 1. The topological polar surface area (TPSA) is 79.4 Å². The number of rotatable bonds is 3. The van der Waals surface area contributed by atoms with Gasteiger partial charge in [0.25, 0.3) is 0 Å². The summed E-state index contributed by atoms with van der Waals surface area (Å²) in [5.41, 5.74) is 1.71. The zero-order chi connectivity index (χ0) is 14.9. The Labute approximate surface area is 127 Å². The average molecular weight is 296 g/mol. The van der Waals surface area contributed by atoms with Crippen LogP contribution in [-0.2, 0) is 6.42 Å². The highest BCUT2D eigenvalue weighted by Crippen LogP contribution is 2.25. The zero-order valence-corrected chi connectivity index (χ0v) is 11.9. The first-order valence-electron chi connectivity index (χ1n) is 7.29. The Hall–Kier alpha value is -2.54. The quantitative estimate of drug-likeness (QED) is 0.761. The molecule has 22 heavy (non-hydrogen) atoms. The van der Waals surface area contributed by atoms with E-state index in [1.807, 2.05) is 28.8 Å². The number of pyridine rings is 1. The molecule has 0 aromatic carbocycles. The predicted octanol–water partition coefficient (Wildman–Crippen LogP) is 0.559. The van der Waals surface area contributed by atoms with Crippen LogP contribution in [-0.4, -0.2) is 48.9 Å². The second kappa shape index (κ2) is 5.34. The molecular formula is C15H16N6O. The number of β-amino-alcohol motifs (C(OH)–C–C–N with tert-alkyl or cyclic N) is 1. The van der Waals surface area contributed by atoms with E-state index in [-0.39, 0.29) is 5.92 Å². The minimum Gasteiger partial charge on any atom is -0.391 e. The molecule has 1 aliphatic heterocycles. The van der Waals surface area contributed by atoms with Crippen molar-refractivity contribution in [3.05, 3.63) is 48.7 Å². The lowest BCUT2D eigenvalue weighted by molar-refractivity contribution is 0.147. The molecule has 112 valence electrons. The predicted molar refractivity (Wildman–Crippen MR) is 80.4 cm³/mol. The van der Waals surface area contributed by atoms with E-state index in [1.54, 1.807) is 18.6 Å². The van der Waals surface area contributed by atoms with Gasteiger partial charge < -0.3 is 10.0 Å². The fraction of sp³-hybridized carbons (Fsp3) is 0.333. The molecule has 1 N–H and O–H groups in total. The highest BCUT2D eigenvalue weighted by Gasteiger charge is 2.33. The minimum absolute atomic E-state index is 0.118. The van der Waals surface area contributed by atoms with Gasteiger partial charge in [-0.2, -0.15) is 0 Å². The number of nitrogens with zero attached hydrogens (tertiary/aromatic N) is 6. The third kappa shape index (κ3) is 2.29. The molecular weight excluding hydrogens is 280 g/mol. The van der Waals surface area contributed by atoms with Gasteiger partial charge in [-0.25, -0.2) is 0 Å². The molecule has 3 aromatic rings. The number of hydrogen-bond donors (Lipinski definition) is 1. The number of aliphatic hydroxyl groups is 1. The lowest BCUT2D eigenvalue weighted by atomic mass is 10.0. The SMILES string of the molecule is O[C@@H]1CN(c2nnc3ccccn23)C[C@H]1Cc1cnccn1. The molecule has 1 saturated heterocycles. The van der Waals surface area contributed by atoms with Crippen LogP contribution in [0.4, 0.5) is 5.95 Å². The Kier molecular flexibility index (Phi) is 3.19. The molecule has 7 nitrogen and oxygen atoms in total. The van der Waals surface area contributed by atoms with E-state index < -0.39 is 6.10 Å². The first-order valence-corrected chi connectivity index (χ1v) is 7.29. The summed E-state index contributed by atoms with van der Waals surface area (Å²) in [5.74, 6) is 0.893. The molecule has 0 amide bonds. The Morgan fingerprint density at radius 3 is 3.00 bits per heavy atom. The smallest absolute Gasteiger partial charge is 0.231 e. The summed E-state index contributed by atoms with van der Waals surface area (Å²) in [6.45, 7) is 1.29. The maximum absolute atomic E-state index is 10.3. The van der Waals surface area contributed by atoms with E-state index in [2.05, 4.69) is 25.1 Å². The lowest BCUT2D eigenvalue weighted by Gasteiger charge is -2.15. The standard InChI is InChI=1S/C15H16N6O/c22-13-10-20(9-11(13)7-12-8-16-4-5-17-12)15-19-18-14-3-1-2-6-21(14)15/h1-6,8,11,13,22H,7,9-10H2/t11-,13-/m1/s1. The van der Waals surface area contributed by atoms with Crippen molar-refractivity contribution in [2.45, 2.75) is 12.5 Å². The van der Waals surface area contributed by atoms with Gasteiger partial charge in [0.15, 0.2) is 5.65 Å². The summed E-state index contributed by atoms with van der Waals surface area (Å²) >= 11 is 0. The highest BCUT2D eigenvalue weighted by atomic mass is 16.3. The summed E-state index contributed by atoms with van der Waals surface area (Å²) in [6, 6.07) is 5.80. The molecule has 3 aromatic heterocycles. The monoisotopic (exact) mass is 296 g/mol. The summed E-state index contributed by atoms with van der Waals surface area (Å²) in [7, 11) is 0. The molecule has 0 spiro atoms. The van der Waals surface area contributed by atoms with Crippen molar-refractivity contribution < 1.29 is 5.11 Å². The van der Waals surface area contributed by atoms with Crippen molar-refractivity contribution in [1.29, 1.82) is 0 Å². The van der Waals surface area contributed by atoms with Crippen LogP contribution < -0.4 is 4.90 Å². The van der Waals surface area contributed by atoms with E-state index in [1.165, 1.54) is 0 Å². The van der Waals surface area contributed by atoms with Crippen molar-refractivity contribution in [2.75, 3.05) is 18.0 Å². The molecule has 0 radical (unpaired) electrons. The van der Waals surface area contributed by atoms with Gasteiger partial charge in [0.05, 0.1) is 11.8 Å². The van der Waals surface area contributed by atoms with Crippen LogP contribution in [0, 0.1) is 5.92 Å². The molecule has 1 aliphatic rings. The average Bonchev–Trinajstić information content (AvgIpc) is 3.12. The van der Waals surface area contributed by atoms with Crippen LogP contribution in [0.2, 0.25) is 0 Å². The van der Waals surface area contributed by atoms with E-state index >= 15 is 0 Å². The van der Waals surface area contributed by atoms with Crippen LogP contribution in [0.1, 0.15) is 5.69 Å². The molecule has 4 rings (SSSR count). The maximum Gasteiger partial charge on any atom is 0.231 e. The molecule has 1 fully saturated rings. The van der Waals surface area contributed by atoms with Gasteiger partial charge in [-0.05, 0) is 18.6 Å². The van der Waals surface area contributed by atoms with Crippen LogP contribution in [0.15, 0.2) is 43.0 Å². The lowest BCUT2D eigenvalue weighted by Crippen LogP contribution is -2.23. The van der Waals surface area contributed by atoms with Gasteiger partial charge >= 0.3 is 0 Å². The zero-order valence-electron chi connectivity index (χ0n) is 11.9. The number of aromatic nitrogens is 5. The van der Waals surface area contributed by atoms with Crippen LogP contribution in [0.25, 0.3) is 5.65 Å². The van der Waals surface area contributed by atoms with Gasteiger partial charge in [-0.1, -0.05) is 6.07 Å². The van der Waals surface area contributed by atoms with Gasteiger partial charge in [0.2, 0.25) is 5.95 Å². The normalized spacial score (nSPS) is 21.6. The Balaban J connectivity index is 1.56. The van der Waals surface area contributed by atoms with Crippen LogP contribution >= 0.6 is 0 Å². The summed E-state index contributed by atoms with van der Waals surface area (Å²) in [6.07, 6.45) is 7.33. The highest BCUT2D eigenvalue weighted by molar-refractivity contribution is 5.47. The van der Waals surface area contributed by atoms with Gasteiger partial charge in [0.1, 0.15) is 0 Å². The molecule has 2 atom stereocenters. The second-order valence-corrected chi connectivity index (χ2v) is 5.56. The van der Waals surface area contributed by atoms with E-state index in [9.17, 15) is 5.11 Å². The molecule has 0 saturated carbocycles. The number of fused-ring (bicyclic) bond motifs is 1. The molecule has 0 unspecified atom stereocenters. The van der Waals surface area contributed by atoms with Crippen molar-refractivity contribution in [3.63, 3.8) is 0 Å². The number of aliphatic hydroxyl groups excluding tert-OH is 1. The first-order chi connectivity index (χ1) is 10.8. The van der Waals surface area contributed by atoms with E-state index in [0.29, 0.717) is 13.0 Å². The molecule has 7 heteroatoms. The molecule has 4 heterocycles. The summed E-state index contributed by atoms with van der Waals surface area (Å²) in [5, 5.41) is 18.8. The van der Waals surface area contributed by atoms with Crippen molar-refractivity contribution >= 4 is 11.6 Å². The van der Waals surface area contributed by atoms with Crippen molar-refractivity contribution in [1.82, 2.24) is 24.6 Å². The van der Waals surface area contributed by atoms with Gasteiger partial charge in [0, 0.05) is 43.8 Å². The van der Waals surface area contributed by atoms with Crippen LogP contribution in [0.5, 0.6) is 0 Å². The summed E-state index contributed by atoms with van der Waals surface area (Å²) < 4.78 is 1.94. The van der Waals surface area contributed by atoms with Crippen molar-refractivity contribution in [2.24, 2.45) is 5.92 Å². The van der Waals surface area contributed by atoms with Gasteiger partial charge in [-0.3, -0.25) is 14.4 Å².